The molecule has 0 bridgehead atoms. The predicted molar refractivity (Wildman–Crippen MR) is 68.3 cm³/mol. The SMILES string of the molecule is Cc1cnc(CNC(=O)c2cc(N)ccc2Cl)o1. The number of oxazole rings is 1. The number of hydrogen-bond acceptors (Lipinski definition) is 4. The Labute approximate surface area is 109 Å². The topological polar surface area (TPSA) is 81.2 Å². The Bertz CT molecular complexity index is 580. The minimum Gasteiger partial charge on any atom is -0.444 e. The average molecular weight is 266 g/mol. The number of aryl methyl sites for hydroxylation is 1. The van der Waals surface area contributed by atoms with Crippen LogP contribution in [0.1, 0.15) is 22.0 Å². The zero-order chi connectivity index (χ0) is 13.1. The molecule has 0 saturated heterocycles. The van der Waals surface area contributed by atoms with Crippen molar-refractivity contribution in [3.63, 3.8) is 0 Å². The molecule has 0 radical (unpaired) electrons. The molecule has 0 aliphatic heterocycles. The summed E-state index contributed by atoms with van der Waals surface area (Å²) in [5, 5.41) is 3.01. The molecule has 1 heterocycles. The van der Waals surface area contributed by atoms with Crippen LogP contribution in [0, 0.1) is 6.92 Å². The van der Waals surface area contributed by atoms with Crippen molar-refractivity contribution < 1.29 is 9.21 Å². The van der Waals surface area contributed by atoms with Crippen LogP contribution in [0.15, 0.2) is 28.8 Å². The molecule has 0 saturated carbocycles. The van der Waals surface area contributed by atoms with Crippen LogP contribution in [0.25, 0.3) is 0 Å². The molecular weight excluding hydrogens is 254 g/mol. The first-order valence-electron chi connectivity index (χ1n) is 5.31. The first-order valence-corrected chi connectivity index (χ1v) is 5.68. The molecule has 2 aromatic rings. The molecule has 0 fully saturated rings. The van der Waals surface area contributed by atoms with Crippen LogP contribution in [0.5, 0.6) is 0 Å². The summed E-state index contributed by atoms with van der Waals surface area (Å²) in [6.07, 6.45) is 1.59. The molecule has 3 N–H and O–H groups in total. The zero-order valence-electron chi connectivity index (χ0n) is 9.74. The van der Waals surface area contributed by atoms with Gasteiger partial charge in [-0.25, -0.2) is 4.98 Å². The van der Waals surface area contributed by atoms with Crippen molar-refractivity contribution in [2.75, 3.05) is 5.73 Å². The molecule has 0 atom stereocenters. The summed E-state index contributed by atoms with van der Waals surface area (Å²) in [7, 11) is 0. The van der Waals surface area contributed by atoms with Gasteiger partial charge < -0.3 is 15.5 Å². The van der Waals surface area contributed by atoms with E-state index >= 15 is 0 Å². The van der Waals surface area contributed by atoms with E-state index in [2.05, 4.69) is 10.3 Å². The number of carbonyl (C=O) groups excluding carboxylic acids is 1. The van der Waals surface area contributed by atoms with E-state index in [0.29, 0.717) is 27.9 Å². The number of benzene rings is 1. The first-order chi connectivity index (χ1) is 8.56. The summed E-state index contributed by atoms with van der Waals surface area (Å²) < 4.78 is 5.24. The Morgan fingerprint density at radius 1 is 1.56 bits per heavy atom. The number of nitrogens with zero attached hydrogens (tertiary/aromatic N) is 1. The van der Waals surface area contributed by atoms with Gasteiger partial charge >= 0.3 is 0 Å². The fourth-order valence-electron chi connectivity index (χ4n) is 1.45. The summed E-state index contributed by atoms with van der Waals surface area (Å²) >= 11 is 5.92. The highest BCUT2D eigenvalue weighted by atomic mass is 35.5. The molecule has 2 rings (SSSR count). The average Bonchev–Trinajstić information content (AvgIpc) is 2.75. The summed E-state index contributed by atoms with van der Waals surface area (Å²) in [5.41, 5.74) is 6.42. The second kappa shape index (κ2) is 5.10. The summed E-state index contributed by atoms with van der Waals surface area (Å²) in [5.74, 6) is 0.824. The molecule has 1 amide bonds. The normalized spacial score (nSPS) is 10.3. The van der Waals surface area contributed by atoms with Crippen LogP contribution >= 0.6 is 11.6 Å². The summed E-state index contributed by atoms with van der Waals surface area (Å²) in [6.45, 7) is 1.99. The number of halogens is 1. The van der Waals surface area contributed by atoms with Crippen molar-refractivity contribution in [3.8, 4) is 0 Å². The summed E-state index contributed by atoms with van der Waals surface area (Å²) in [4.78, 5) is 15.9. The number of amides is 1. The van der Waals surface area contributed by atoms with Gasteiger partial charge in [-0.05, 0) is 25.1 Å². The summed E-state index contributed by atoms with van der Waals surface area (Å²) in [6, 6.07) is 4.75. The third-order valence-corrected chi connectivity index (χ3v) is 2.63. The predicted octanol–water partition coefficient (Wildman–Crippen LogP) is 2.15. The maximum atomic E-state index is 11.9. The molecule has 0 unspecified atom stereocenters. The first kappa shape index (κ1) is 12.4. The van der Waals surface area contributed by atoms with Crippen LogP contribution in [-0.4, -0.2) is 10.9 Å². The van der Waals surface area contributed by atoms with Crippen LogP contribution < -0.4 is 11.1 Å². The van der Waals surface area contributed by atoms with E-state index in [1.807, 2.05) is 0 Å². The molecule has 0 aliphatic rings. The van der Waals surface area contributed by atoms with E-state index in [4.69, 9.17) is 21.8 Å². The number of nitrogens with two attached hydrogens (primary N) is 1. The van der Waals surface area contributed by atoms with Gasteiger partial charge in [0.1, 0.15) is 5.76 Å². The van der Waals surface area contributed by atoms with Gasteiger partial charge in [0.25, 0.3) is 5.91 Å². The van der Waals surface area contributed by atoms with Gasteiger partial charge in [0.15, 0.2) is 0 Å². The van der Waals surface area contributed by atoms with Crippen LogP contribution in [0.3, 0.4) is 0 Å². The molecule has 6 heteroatoms. The van der Waals surface area contributed by atoms with Crippen LogP contribution in [-0.2, 0) is 6.54 Å². The maximum Gasteiger partial charge on any atom is 0.253 e. The molecule has 0 spiro atoms. The van der Waals surface area contributed by atoms with Crippen molar-refractivity contribution >= 4 is 23.2 Å². The monoisotopic (exact) mass is 265 g/mol. The van der Waals surface area contributed by atoms with Crippen molar-refractivity contribution in [3.05, 3.63) is 46.6 Å². The Morgan fingerprint density at radius 3 is 3.00 bits per heavy atom. The van der Waals surface area contributed by atoms with Gasteiger partial charge in [0.05, 0.1) is 23.3 Å². The molecule has 5 nitrogen and oxygen atoms in total. The minimum absolute atomic E-state index is 0.206. The lowest BCUT2D eigenvalue weighted by molar-refractivity contribution is 0.0947. The quantitative estimate of drug-likeness (QED) is 0.833. The smallest absolute Gasteiger partial charge is 0.253 e. The van der Waals surface area contributed by atoms with E-state index in [9.17, 15) is 4.79 Å². The van der Waals surface area contributed by atoms with E-state index in [0.717, 1.165) is 0 Å². The number of nitrogen functional groups attached to an aromatic ring is 1. The fraction of sp³-hybridized carbons (Fsp3) is 0.167. The Balaban J connectivity index is 2.05. The van der Waals surface area contributed by atoms with Gasteiger partial charge in [-0.2, -0.15) is 0 Å². The second-order valence-corrected chi connectivity index (χ2v) is 4.19. The number of hydrogen-bond donors (Lipinski definition) is 2. The Morgan fingerprint density at radius 2 is 2.33 bits per heavy atom. The lowest BCUT2D eigenvalue weighted by Crippen LogP contribution is -2.23. The van der Waals surface area contributed by atoms with Crippen LogP contribution in [0.4, 0.5) is 5.69 Å². The zero-order valence-corrected chi connectivity index (χ0v) is 10.5. The van der Waals surface area contributed by atoms with E-state index < -0.39 is 0 Å². The standard InChI is InChI=1S/C12H12ClN3O2/c1-7-5-15-11(18-7)6-16-12(17)9-4-8(14)2-3-10(9)13/h2-5H,6,14H2,1H3,(H,16,17). The van der Waals surface area contributed by atoms with Gasteiger partial charge in [-0.15, -0.1) is 0 Å². The fourth-order valence-corrected chi connectivity index (χ4v) is 1.65. The number of aromatic nitrogens is 1. The van der Waals surface area contributed by atoms with Gasteiger partial charge in [-0.1, -0.05) is 11.6 Å². The van der Waals surface area contributed by atoms with E-state index in [1.165, 1.54) is 6.07 Å². The van der Waals surface area contributed by atoms with Crippen molar-refractivity contribution in [2.24, 2.45) is 0 Å². The highest BCUT2D eigenvalue weighted by molar-refractivity contribution is 6.34. The number of carbonyl (C=O) groups is 1. The van der Waals surface area contributed by atoms with Crippen molar-refractivity contribution in [1.82, 2.24) is 10.3 Å². The lowest BCUT2D eigenvalue weighted by atomic mass is 10.2. The third-order valence-electron chi connectivity index (χ3n) is 2.30. The second-order valence-electron chi connectivity index (χ2n) is 3.79. The van der Waals surface area contributed by atoms with Crippen molar-refractivity contribution in [2.45, 2.75) is 13.5 Å². The highest BCUT2D eigenvalue weighted by Gasteiger charge is 2.11. The highest BCUT2D eigenvalue weighted by Crippen LogP contribution is 2.18. The van der Waals surface area contributed by atoms with Crippen molar-refractivity contribution in [1.29, 1.82) is 0 Å². The molecule has 1 aromatic carbocycles. The number of rotatable bonds is 3. The molecule has 18 heavy (non-hydrogen) atoms. The van der Waals surface area contributed by atoms with E-state index in [-0.39, 0.29) is 12.5 Å². The molecule has 0 aliphatic carbocycles. The maximum absolute atomic E-state index is 11.9. The number of nitrogens with one attached hydrogen (secondary N) is 1. The van der Waals surface area contributed by atoms with Gasteiger partial charge in [0, 0.05) is 5.69 Å². The lowest BCUT2D eigenvalue weighted by Gasteiger charge is -2.05. The Hall–Kier alpha value is -2.01. The van der Waals surface area contributed by atoms with Gasteiger partial charge in [0.2, 0.25) is 5.89 Å². The molecule has 1 aromatic heterocycles. The Kier molecular flexibility index (Phi) is 3.53. The largest absolute Gasteiger partial charge is 0.444 e. The molecule has 94 valence electrons. The minimum atomic E-state index is -0.317. The number of anilines is 1. The van der Waals surface area contributed by atoms with Crippen LogP contribution in [0.2, 0.25) is 5.02 Å². The third kappa shape index (κ3) is 2.81. The molecular formula is C12H12ClN3O2. The van der Waals surface area contributed by atoms with E-state index in [1.54, 1.807) is 25.3 Å². The van der Waals surface area contributed by atoms with Gasteiger partial charge in [-0.3, -0.25) is 4.79 Å².